The average molecular weight is 187 g/mol. The van der Waals surface area contributed by atoms with Crippen molar-refractivity contribution in [2.24, 2.45) is 0 Å². The SMILES string of the molecule is ClC1C=CC2(CCCCO2)CC1. The van der Waals surface area contributed by atoms with Crippen LogP contribution in [0, 0.1) is 0 Å². The van der Waals surface area contributed by atoms with Crippen LogP contribution in [0.1, 0.15) is 32.1 Å². The van der Waals surface area contributed by atoms with Crippen LogP contribution in [0.2, 0.25) is 0 Å². The number of ether oxygens (including phenoxy) is 1. The van der Waals surface area contributed by atoms with Gasteiger partial charge in [0, 0.05) is 6.61 Å². The molecule has 0 bridgehead atoms. The summed E-state index contributed by atoms with van der Waals surface area (Å²) < 4.78 is 5.81. The van der Waals surface area contributed by atoms with Crippen molar-refractivity contribution in [3.63, 3.8) is 0 Å². The molecule has 2 rings (SSSR count). The summed E-state index contributed by atoms with van der Waals surface area (Å²) >= 11 is 5.98. The molecule has 2 heteroatoms. The molecule has 0 N–H and O–H groups in total. The van der Waals surface area contributed by atoms with E-state index in [4.69, 9.17) is 16.3 Å². The summed E-state index contributed by atoms with van der Waals surface area (Å²) in [6.07, 6.45) is 10.2. The van der Waals surface area contributed by atoms with E-state index in [1.54, 1.807) is 0 Å². The van der Waals surface area contributed by atoms with E-state index in [9.17, 15) is 0 Å². The second-order valence-electron chi connectivity index (χ2n) is 3.78. The zero-order chi connectivity index (χ0) is 8.44. The van der Waals surface area contributed by atoms with Gasteiger partial charge in [-0.25, -0.2) is 0 Å². The molecule has 0 saturated carbocycles. The summed E-state index contributed by atoms with van der Waals surface area (Å²) in [5, 5.41) is 0.237. The van der Waals surface area contributed by atoms with Gasteiger partial charge in [-0.15, -0.1) is 11.6 Å². The largest absolute Gasteiger partial charge is 0.371 e. The highest BCUT2D eigenvalue weighted by molar-refractivity contribution is 6.21. The Kier molecular flexibility index (Phi) is 2.42. The van der Waals surface area contributed by atoms with Crippen molar-refractivity contribution in [3.05, 3.63) is 12.2 Å². The topological polar surface area (TPSA) is 9.23 Å². The predicted octanol–water partition coefficient (Wildman–Crippen LogP) is 2.88. The molecule has 2 atom stereocenters. The van der Waals surface area contributed by atoms with Gasteiger partial charge in [-0.2, -0.15) is 0 Å². The first kappa shape index (κ1) is 8.58. The van der Waals surface area contributed by atoms with Crippen LogP contribution in [0.3, 0.4) is 0 Å². The van der Waals surface area contributed by atoms with E-state index in [1.165, 1.54) is 19.3 Å². The molecule has 0 radical (unpaired) electrons. The van der Waals surface area contributed by atoms with Gasteiger partial charge in [-0.1, -0.05) is 12.2 Å². The highest BCUT2D eigenvalue weighted by atomic mass is 35.5. The highest BCUT2D eigenvalue weighted by Crippen LogP contribution is 2.35. The zero-order valence-electron chi connectivity index (χ0n) is 7.26. The van der Waals surface area contributed by atoms with E-state index in [0.29, 0.717) is 0 Å². The molecule has 1 spiro atoms. The van der Waals surface area contributed by atoms with Gasteiger partial charge < -0.3 is 4.74 Å². The number of hydrogen-bond acceptors (Lipinski definition) is 1. The molecule has 1 aliphatic heterocycles. The molecule has 1 nitrogen and oxygen atoms in total. The fourth-order valence-corrected chi connectivity index (χ4v) is 2.23. The molecule has 0 aromatic rings. The Bertz CT molecular complexity index is 182. The Morgan fingerprint density at radius 2 is 2.25 bits per heavy atom. The smallest absolute Gasteiger partial charge is 0.0863 e. The van der Waals surface area contributed by atoms with E-state index in [0.717, 1.165) is 19.4 Å². The third-order valence-electron chi connectivity index (χ3n) is 2.84. The standard InChI is InChI=1S/C10H15ClO/c11-9-3-6-10(7-4-9)5-1-2-8-12-10/h3,6,9H,1-2,4-5,7-8H2. The monoisotopic (exact) mass is 186 g/mol. The van der Waals surface area contributed by atoms with Gasteiger partial charge in [0.1, 0.15) is 0 Å². The second kappa shape index (κ2) is 3.39. The molecular weight excluding hydrogens is 172 g/mol. The lowest BCUT2D eigenvalue weighted by Crippen LogP contribution is -2.36. The third-order valence-corrected chi connectivity index (χ3v) is 3.20. The molecule has 1 aliphatic carbocycles. The highest BCUT2D eigenvalue weighted by Gasteiger charge is 2.33. The van der Waals surface area contributed by atoms with E-state index in [2.05, 4.69) is 12.2 Å². The van der Waals surface area contributed by atoms with Gasteiger partial charge >= 0.3 is 0 Å². The zero-order valence-corrected chi connectivity index (χ0v) is 8.02. The van der Waals surface area contributed by atoms with Crippen LogP contribution in [0.4, 0.5) is 0 Å². The lowest BCUT2D eigenvalue weighted by Gasteiger charge is -2.37. The molecule has 2 unspecified atom stereocenters. The fourth-order valence-electron chi connectivity index (χ4n) is 2.04. The van der Waals surface area contributed by atoms with Crippen molar-refractivity contribution in [1.82, 2.24) is 0 Å². The van der Waals surface area contributed by atoms with Crippen molar-refractivity contribution in [2.75, 3.05) is 6.61 Å². The summed E-state index contributed by atoms with van der Waals surface area (Å²) in [7, 11) is 0. The normalized spacial score (nSPS) is 41.9. The minimum Gasteiger partial charge on any atom is -0.371 e. The van der Waals surface area contributed by atoms with Gasteiger partial charge in [0.15, 0.2) is 0 Å². The van der Waals surface area contributed by atoms with Crippen molar-refractivity contribution in [1.29, 1.82) is 0 Å². The summed E-state index contributed by atoms with van der Waals surface area (Å²) in [4.78, 5) is 0. The van der Waals surface area contributed by atoms with Crippen molar-refractivity contribution in [2.45, 2.75) is 43.1 Å². The Balaban J connectivity index is 2.05. The van der Waals surface area contributed by atoms with Gasteiger partial charge in [0.25, 0.3) is 0 Å². The number of halogens is 1. The molecule has 0 aromatic carbocycles. The van der Waals surface area contributed by atoms with Crippen LogP contribution in [0.15, 0.2) is 12.2 Å². The van der Waals surface area contributed by atoms with E-state index in [1.807, 2.05) is 0 Å². The average Bonchev–Trinajstić information content (AvgIpc) is 2.13. The number of alkyl halides is 1. The predicted molar refractivity (Wildman–Crippen MR) is 50.5 cm³/mol. The van der Waals surface area contributed by atoms with Crippen molar-refractivity contribution >= 4 is 11.6 Å². The Hall–Kier alpha value is -0.0100. The van der Waals surface area contributed by atoms with Crippen molar-refractivity contribution < 1.29 is 4.74 Å². The molecule has 68 valence electrons. The number of rotatable bonds is 0. The molecule has 0 amide bonds. The summed E-state index contributed by atoms with van der Waals surface area (Å²) in [5.41, 5.74) is 0.0731. The Morgan fingerprint density at radius 3 is 2.83 bits per heavy atom. The van der Waals surface area contributed by atoms with Crippen LogP contribution in [0.5, 0.6) is 0 Å². The first-order valence-electron chi connectivity index (χ1n) is 4.78. The fraction of sp³-hybridized carbons (Fsp3) is 0.800. The Morgan fingerprint density at radius 1 is 1.33 bits per heavy atom. The molecule has 1 fully saturated rings. The van der Waals surface area contributed by atoms with Gasteiger partial charge in [0.2, 0.25) is 0 Å². The van der Waals surface area contributed by atoms with E-state index >= 15 is 0 Å². The maximum absolute atomic E-state index is 5.98. The van der Waals surface area contributed by atoms with Gasteiger partial charge in [-0.3, -0.25) is 0 Å². The molecule has 1 heterocycles. The van der Waals surface area contributed by atoms with Crippen LogP contribution in [-0.2, 0) is 4.74 Å². The van der Waals surface area contributed by atoms with Gasteiger partial charge in [0.05, 0.1) is 11.0 Å². The first-order chi connectivity index (χ1) is 5.81. The minimum absolute atomic E-state index is 0.0731. The maximum Gasteiger partial charge on any atom is 0.0863 e. The molecular formula is C10H15ClO. The lowest BCUT2D eigenvalue weighted by molar-refractivity contribution is -0.0516. The minimum atomic E-state index is 0.0731. The second-order valence-corrected chi connectivity index (χ2v) is 4.34. The van der Waals surface area contributed by atoms with Crippen LogP contribution >= 0.6 is 11.6 Å². The quantitative estimate of drug-likeness (QED) is 0.418. The maximum atomic E-state index is 5.98. The van der Waals surface area contributed by atoms with E-state index < -0.39 is 0 Å². The van der Waals surface area contributed by atoms with Crippen LogP contribution in [0.25, 0.3) is 0 Å². The molecule has 0 aromatic heterocycles. The van der Waals surface area contributed by atoms with Crippen molar-refractivity contribution in [3.8, 4) is 0 Å². The summed E-state index contributed by atoms with van der Waals surface area (Å²) in [5.74, 6) is 0. The third kappa shape index (κ3) is 1.67. The molecule has 12 heavy (non-hydrogen) atoms. The lowest BCUT2D eigenvalue weighted by atomic mass is 9.85. The molecule has 2 aliphatic rings. The van der Waals surface area contributed by atoms with Gasteiger partial charge in [-0.05, 0) is 32.1 Å². The number of hydrogen-bond donors (Lipinski definition) is 0. The van der Waals surface area contributed by atoms with E-state index in [-0.39, 0.29) is 11.0 Å². The Labute approximate surface area is 78.7 Å². The van der Waals surface area contributed by atoms with Crippen LogP contribution in [-0.4, -0.2) is 17.6 Å². The summed E-state index contributed by atoms with van der Waals surface area (Å²) in [6, 6.07) is 0. The first-order valence-corrected chi connectivity index (χ1v) is 5.22. The van der Waals surface area contributed by atoms with Crippen LogP contribution < -0.4 is 0 Å². The number of allylic oxidation sites excluding steroid dienone is 1. The summed E-state index contributed by atoms with van der Waals surface area (Å²) in [6.45, 7) is 0.928. The molecule has 1 saturated heterocycles.